The van der Waals surface area contributed by atoms with Gasteiger partial charge in [0, 0.05) is 17.8 Å². The van der Waals surface area contributed by atoms with Gasteiger partial charge in [0.25, 0.3) is 11.2 Å². The van der Waals surface area contributed by atoms with Crippen molar-refractivity contribution in [3.05, 3.63) is 69.3 Å². The maximum absolute atomic E-state index is 12.5. The van der Waals surface area contributed by atoms with Crippen molar-refractivity contribution >= 4 is 28.2 Å². The van der Waals surface area contributed by atoms with E-state index in [4.69, 9.17) is 4.74 Å². The number of nitrogens with zero attached hydrogens (tertiary/aromatic N) is 3. The van der Waals surface area contributed by atoms with E-state index in [1.807, 2.05) is 6.92 Å². The smallest absolute Gasteiger partial charge is 0.271 e. The summed E-state index contributed by atoms with van der Waals surface area (Å²) in [6.07, 6.45) is 1.20. The molecule has 0 unspecified atom stereocenters. The Bertz CT molecular complexity index is 1060. The Morgan fingerprint density at radius 1 is 1.26 bits per heavy atom. The number of rotatable bonds is 6. The van der Waals surface area contributed by atoms with Crippen molar-refractivity contribution in [2.75, 3.05) is 11.9 Å². The van der Waals surface area contributed by atoms with Crippen molar-refractivity contribution in [3.63, 3.8) is 0 Å². The lowest BCUT2D eigenvalue weighted by Gasteiger charge is -2.09. The summed E-state index contributed by atoms with van der Waals surface area (Å²) in [5.41, 5.74) is 0.176. The molecule has 27 heavy (non-hydrogen) atoms. The molecular formula is C18H16N4O5. The standard InChI is InChI=1S/C18H16N4O5/c1-2-27-14-6-3-12(4-7-14)20-17(23)10-21-11-19-16-9-13(22(25)26)5-8-15(16)18(21)24/h3-9,11H,2,10H2,1H3,(H,20,23). The minimum Gasteiger partial charge on any atom is -0.494 e. The number of carbonyl (C=O) groups is 1. The van der Waals surface area contributed by atoms with Gasteiger partial charge in [0.2, 0.25) is 5.91 Å². The van der Waals surface area contributed by atoms with Crippen LogP contribution in [0.3, 0.4) is 0 Å². The van der Waals surface area contributed by atoms with Crippen LogP contribution in [0.1, 0.15) is 6.92 Å². The van der Waals surface area contributed by atoms with Gasteiger partial charge in [-0.15, -0.1) is 0 Å². The van der Waals surface area contributed by atoms with E-state index in [2.05, 4.69) is 10.3 Å². The van der Waals surface area contributed by atoms with E-state index in [0.717, 1.165) is 4.57 Å². The molecule has 0 aliphatic rings. The molecule has 9 nitrogen and oxygen atoms in total. The molecule has 0 atom stereocenters. The van der Waals surface area contributed by atoms with Gasteiger partial charge in [-0.1, -0.05) is 0 Å². The van der Waals surface area contributed by atoms with Crippen LogP contribution in [0, 0.1) is 10.1 Å². The Hall–Kier alpha value is -3.75. The minimum atomic E-state index is -0.559. The predicted molar refractivity (Wildman–Crippen MR) is 98.9 cm³/mol. The SMILES string of the molecule is CCOc1ccc(NC(=O)Cn2cnc3cc([N+](=O)[O-])ccc3c2=O)cc1. The van der Waals surface area contributed by atoms with E-state index in [1.54, 1.807) is 24.3 Å². The molecular weight excluding hydrogens is 352 g/mol. The highest BCUT2D eigenvalue weighted by atomic mass is 16.6. The van der Waals surface area contributed by atoms with Gasteiger partial charge in [-0.25, -0.2) is 4.98 Å². The van der Waals surface area contributed by atoms with Gasteiger partial charge < -0.3 is 10.1 Å². The van der Waals surface area contributed by atoms with Crippen LogP contribution >= 0.6 is 0 Å². The number of hydrogen-bond acceptors (Lipinski definition) is 6. The summed E-state index contributed by atoms with van der Waals surface area (Å²) in [6, 6.07) is 10.7. The van der Waals surface area contributed by atoms with Gasteiger partial charge in [0.1, 0.15) is 12.3 Å². The summed E-state index contributed by atoms with van der Waals surface area (Å²) in [6.45, 7) is 2.20. The van der Waals surface area contributed by atoms with Crippen LogP contribution in [-0.4, -0.2) is 27.0 Å². The molecule has 138 valence electrons. The number of ether oxygens (including phenoxy) is 1. The van der Waals surface area contributed by atoms with Crippen LogP contribution in [0.2, 0.25) is 0 Å². The summed E-state index contributed by atoms with van der Waals surface area (Å²) in [7, 11) is 0. The van der Waals surface area contributed by atoms with Gasteiger partial charge >= 0.3 is 0 Å². The molecule has 0 spiro atoms. The zero-order valence-electron chi connectivity index (χ0n) is 14.4. The molecule has 1 amide bonds. The van der Waals surface area contributed by atoms with E-state index < -0.39 is 16.4 Å². The van der Waals surface area contributed by atoms with Crippen LogP contribution < -0.4 is 15.6 Å². The average Bonchev–Trinajstić information content (AvgIpc) is 2.65. The average molecular weight is 368 g/mol. The molecule has 3 rings (SSSR count). The molecule has 0 aliphatic carbocycles. The van der Waals surface area contributed by atoms with Crippen LogP contribution in [0.15, 0.2) is 53.6 Å². The number of benzene rings is 2. The Kier molecular flexibility index (Phi) is 5.11. The third kappa shape index (κ3) is 4.09. The van der Waals surface area contributed by atoms with Crippen LogP contribution in [0.25, 0.3) is 10.9 Å². The maximum Gasteiger partial charge on any atom is 0.271 e. The number of aromatic nitrogens is 2. The zero-order valence-corrected chi connectivity index (χ0v) is 14.4. The third-order valence-corrected chi connectivity index (χ3v) is 3.78. The number of nitrogens with one attached hydrogen (secondary N) is 1. The van der Waals surface area contributed by atoms with Gasteiger partial charge in [0.15, 0.2) is 0 Å². The van der Waals surface area contributed by atoms with E-state index in [0.29, 0.717) is 18.0 Å². The molecule has 1 N–H and O–H groups in total. The first-order valence-electron chi connectivity index (χ1n) is 8.14. The molecule has 0 saturated carbocycles. The molecule has 0 bridgehead atoms. The summed E-state index contributed by atoms with van der Waals surface area (Å²) >= 11 is 0. The molecule has 1 heterocycles. The fraction of sp³-hybridized carbons (Fsp3) is 0.167. The van der Waals surface area contributed by atoms with E-state index in [-0.39, 0.29) is 23.1 Å². The lowest BCUT2D eigenvalue weighted by molar-refractivity contribution is -0.384. The summed E-state index contributed by atoms with van der Waals surface area (Å²) in [4.78, 5) is 39.0. The highest BCUT2D eigenvalue weighted by molar-refractivity contribution is 5.90. The number of non-ortho nitro benzene ring substituents is 1. The van der Waals surface area contributed by atoms with E-state index in [1.165, 1.54) is 24.5 Å². The number of carbonyl (C=O) groups excluding carboxylic acids is 1. The maximum atomic E-state index is 12.5. The quantitative estimate of drug-likeness (QED) is 0.527. The number of amides is 1. The molecule has 9 heteroatoms. The first kappa shape index (κ1) is 18.1. The van der Waals surface area contributed by atoms with Crippen molar-refractivity contribution in [1.82, 2.24) is 9.55 Å². The molecule has 0 saturated heterocycles. The normalized spacial score (nSPS) is 10.6. The van der Waals surface area contributed by atoms with Gasteiger partial charge in [-0.05, 0) is 37.3 Å². The van der Waals surface area contributed by atoms with Crippen molar-refractivity contribution in [1.29, 1.82) is 0 Å². The Morgan fingerprint density at radius 3 is 2.67 bits per heavy atom. The van der Waals surface area contributed by atoms with Crippen LogP contribution in [0.5, 0.6) is 5.75 Å². The van der Waals surface area contributed by atoms with Crippen molar-refractivity contribution in [3.8, 4) is 5.75 Å². The van der Waals surface area contributed by atoms with Gasteiger partial charge in [-0.3, -0.25) is 24.3 Å². The van der Waals surface area contributed by atoms with E-state index >= 15 is 0 Å². The molecule has 2 aromatic carbocycles. The number of nitro benzene ring substituents is 1. The fourth-order valence-electron chi connectivity index (χ4n) is 2.53. The number of hydrogen-bond donors (Lipinski definition) is 1. The molecule has 1 aromatic heterocycles. The molecule has 3 aromatic rings. The van der Waals surface area contributed by atoms with Crippen molar-refractivity contribution in [2.45, 2.75) is 13.5 Å². The summed E-state index contributed by atoms with van der Waals surface area (Å²) < 4.78 is 6.48. The molecule has 0 fully saturated rings. The van der Waals surface area contributed by atoms with Crippen LogP contribution in [-0.2, 0) is 11.3 Å². The fourth-order valence-corrected chi connectivity index (χ4v) is 2.53. The monoisotopic (exact) mass is 368 g/mol. The first-order chi connectivity index (χ1) is 13.0. The lowest BCUT2D eigenvalue weighted by atomic mass is 10.2. The minimum absolute atomic E-state index is 0.152. The highest BCUT2D eigenvalue weighted by Crippen LogP contribution is 2.17. The largest absolute Gasteiger partial charge is 0.494 e. The second-order valence-corrected chi connectivity index (χ2v) is 5.64. The van der Waals surface area contributed by atoms with Crippen molar-refractivity contribution in [2.24, 2.45) is 0 Å². The highest BCUT2D eigenvalue weighted by Gasteiger charge is 2.12. The van der Waals surface area contributed by atoms with Gasteiger partial charge in [0.05, 0.1) is 28.8 Å². The van der Waals surface area contributed by atoms with Crippen molar-refractivity contribution < 1.29 is 14.5 Å². The first-order valence-corrected chi connectivity index (χ1v) is 8.14. The number of nitro groups is 1. The zero-order chi connectivity index (χ0) is 19.4. The number of anilines is 1. The Morgan fingerprint density at radius 2 is 2.00 bits per heavy atom. The molecule has 0 aliphatic heterocycles. The summed E-state index contributed by atoms with van der Waals surface area (Å²) in [5, 5.41) is 13.7. The second kappa shape index (κ2) is 7.65. The summed E-state index contributed by atoms with van der Waals surface area (Å²) in [5.74, 6) is 0.295. The molecule has 0 radical (unpaired) electrons. The predicted octanol–water partition coefficient (Wildman–Crippen LogP) is 2.34. The second-order valence-electron chi connectivity index (χ2n) is 5.64. The van der Waals surface area contributed by atoms with Gasteiger partial charge in [-0.2, -0.15) is 0 Å². The topological polar surface area (TPSA) is 116 Å². The Balaban J connectivity index is 1.76. The lowest BCUT2D eigenvalue weighted by Crippen LogP contribution is -2.27. The van der Waals surface area contributed by atoms with E-state index in [9.17, 15) is 19.7 Å². The van der Waals surface area contributed by atoms with Crippen LogP contribution in [0.4, 0.5) is 11.4 Å². The number of fused-ring (bicyclic) bond motifs is 1. The Labute approximate surface area is 153 Å². The third-order valence-electron chi connectivity index (χ3n) is 3.78.